The minimum Gasteiger partial charge on any atom is -0.493 e. The monoisotopic (exact) mass is 378 g/mol. The number of carbonyl (C=O) groups excluding carboxylic acids is 1. The van der Waals surface area contributed by atoms with Crippen molar-refractivity contribution in [1.82, 2.24) is 4.90 Å². The Morgan fingerprint density at radius 3 is 2.39 bits per heavy atom. The summed E-state index contributed by atoms with van der Waals surface area (Å²) in [6.45, 7) is 2.52. The number of likely N-dealkylation sites (N-methyl/N-ethyl adjacent to an activating group) is 1. The lowest BCUT2D eigenvalue weighted by atomic mass is 10.1. The summed E-state index contributed by atoms with van der Waals surface area (Å²) >= 11 is 0. The Labute approximate surface area is 165 Å². The maximum Gasteiger partial charge on any atom is 0.241 e. The molecule has 0 bridgehead atoms. The molecular weight excluding hydrogens is 352 g/mol. The Morgan fingerprint density at radius 1 is 0.964 bits per heavy atom. The van der Waals surface area contributed by atoms with Crippen molar-refractivity contribution >= 4 is 22.4 Å². The van der Waals surface area contributed by atoms with Crippen LogP contribution in [0.25, 0.3) is 10.8 Å². The Morgan fingerprint density at radius 2 is 1.68 bits per heavy atom. The van der Waals surface area contributed by atoms with E-state index in [0.29, 0.717) is 18.0 Å². The average Bonchev–Trinajstić information content (AvgIpc) is 2.72. The average molecular weight is 378 g/mol. The fraction of sp³-hybridized carbons (Fsp3) is 0.261. The van der Waals surface area contributed by atoms with Crippen molar-refractivity contribution in [3.8, 4) is 11.5 Å². The summed E-state index contributed by atoms with van der Waals surface area (Å²) in [5, 5.41) is 5.27. The number of carbonyl (C=O) groups is 1. The quantitative estimate of drug-likeness (QED) is 0.665. The number of hydrogen-bond donors (Lipinski definition) is 1. The highest BCUT2D eigenvalue weighted by Crippen LogP contribution is 2.28. The molecule has 3 rings (SSSR count). The van der Waals surface area contributed by atoms with Gasteiger partial charge in [-0.2, -0.15) is 0 Å². The third-order valence-corrected chi connectivity index (χ3v) is 4.94. The van der Waals surface area contributed by atoms with Crippen LogP contribution in [0.15, 0.2) is 60.7 Å². The summed E-state index contributed by atoms with van der Waals surface area (Å²) in [6, 6.07) is 19.5. The first kappa shape index (κ1) is 19.7. The summed E-state index contributed by atoms with van der Waals surface area (Å²) in [5.41, 5.74) is 1.85. The number of ether oxygens (including phenoxy) is 2. The van der Waals surface area contributed by atoms with Crippen molar-refractivity contribution in [2.45, 2.75) is 19.5 Å². The Bertz CT molecular complexity index is 971. The molecule has 0 aromatic heterocycles. The molecule has 3 aromatic carbocycles. The molecule has 0 heterocycles. The maximum atomic E-state index is 12.7. The molecule has 0 fully saturated rings. The van der Waals surface area contributed by atoms with E-state index in [1.165, 1.54) is 0 Å². The van der Waals surface area contributed by atoms with Crippen LogP contribution in [-0.4, -0.2) is 38.1 Å². The molecule has 1 N–H and O–H groups in total. The number of benzene rings is 3. The second kappa shape index (κ2) is 8.76. The SMILES string of the molecule is COc1ccc(CN(C)[C@@H](C)C(=O)Nc2ccc3ccccc3c2)cc1OC. The zero-order chi connectivity index (χ0) is 20.1. The molecule has 1 amide bonds. The lowest BCUT2D eigenvalue weighted by Gasteiger charge is -2.24. The van der Waals surface area contributed by atoms with Gasteiger partial charge >= 0.3 is 0 Å². The standard InChI is InChI=1S/C23H26N2O3/c1-16(25(2)15-17-9-12-21(27-3)22(13-17)28-4)23(26)24-20-11-10-18-7-5-6-8-19(18)14-20/h5-14,16H,15H2,1-4H3,(H,24,26)/t16-/m0/s1. The third-order valence-electron chi connectivity index (χ3n) is 4.94. The van der Waals surface area contributed by atoms with Crippen LogP contribution in [0.3, 0.4) is 0 Å². The summed E-state index contributed by atoms with van der Waals surface area (Å²) in [6.07, 6.45) is 0. The second-order valence-corrected chi connectivity index (χ2v) is 6.83. The van der Waals surface area contributed by atoms with Crippen molar-refractivity contribution in [3.05, 3.63) is 66.2 Å². The zero-order valence-corrected chi connectivity index (χ0v) is 16.7. The predicted octanol–water partition coefficient (Wildman–Crippen LogP) is 4.32. The predicted molar refractivity (Wildman–Crippen MR) is 113 cm³/mol. The van der Waals surface area contributed by atoms with Gasteiger partial charge in [0.1, 0.15) is 0 Å². The van der Waals surface area contributed by atoms with Gasteiger partial charge in [0.25, 0.3) is 0 Å². The number of amides is 1. The van der Waals surface area contributed by atoms with Crippen LogP contribution in [0.5, 0.6) is 11.5 Å². The molecule has 3 aromatic rings. The molecule has 0 unspecified atom stereocenters. The minimum absolute atomic E-state index is 0.0433. The van der Waals surface area contributed by atoms with Crippen molar-refractivity contribution in [1.29, 1.82) is 0 Å². The number of methoxy groups -OCH3 is 2. The zero-order valence-electron chi connectivity index (χ0n) is 16.7. The van der Waals surface area contributed by atoms with E-state index < -0.39 is 0 Å². The van der Waals surface area contributed by atoms with Crippen molar-refractivity contribution < 1.29 is 14.3 Å². The molecule has 0 saturated carbocycles. The van der Waals surface area contributed by atoms with Crippen molar-refractivity contribution in [2.24, 2.45) is 0 Å². The van der Waals surface area contributed by atoms with Gasteiger partial charge in [-0.25, -0.2) is 0 Å². The van der Waals surface area contributed by atoms with Crippen LogP contribution in [0.4, 0.5) is 5.69 Å². The molecule has 0 aliphatic heterocycles. The van der Waals surface area contributed by atoms with E-state index in [-0.39, 0.29) is 11.9 Å². The largest absolute Gasteiger partial charge is 0.493 e. The van der Waals surface area contributed by atoms with Gasteiger partial charge in [0.2, 0.25) is 5.91 Å². The Kier molecular flexibility index (Phi) is 6.16. The van der Waals surface area contributed by atoms with Gasteiger partial charge in [-0.1, -0.05) is 36.4 Å². The summed E-state index contributed by atoms with van der Waals surface area (Å²) in [4.78, 5) is 14.7. The molecule has 0 spiro atoms. The van der Waals surface area contributed by atoms with Gasteiger partial charge in [0, 0.05) is 12.2 Å². The van der Waals surface area contributed by atoms with E-state index >= 15 is 0 Å². The maximum absolute atomic E-state index is 12.7. The van der Waals surface area contributed by atoms with E-state index in [1.54, 1.807) is 14.2 Å². The van der Waals surface area contributed by atoms with E-state index in [0.717, 1.165) is 22.0 Å². The number of anilines is 1. The summed E-state index contributed by atoms with van der Waals surface area (Å²) < 4.78 is 10.6. The van der Waals surface area contributed by atoms with E-state index in [2.05, 4.69) is 11.4 Å². The first-order valence-electron chi connectivity index (χ1n) is 9.22. The molecule has 146 valence electrons. The van der Waals surface area contributed by atoms with Gasteiger partial charge < -0.3 is 14.8 Å². The van der Waals surface area contributed by atoms with Crippen LogP contribution in [-0.2, 0) is 11.3 Å². The van der Waals surface area contributed by atoms with E-state index in [9.17, 15) is 4.79 Å². The highest BCUT2D eigenvalue weighted by molar-refractivity contribution is 5.97. The lowest BCUT2D eigenvalue weighted by molar-refractivity contribution is -0.120. The molecule has 0 saturated heterocycles. The van der Waals surface area contributed by atoms with Crippen LogP contribution in [0.2, 0.25) is 0 Å². The van der Waals surface area contributed by atoms with Gasteiger partial charge in [-0.15, -0.1) is 0 Å². The molecule has 5 nitrogen and oxygen atoms in total. The molecule has 0 radical (unpaired) electrons. The van der Waals surface area contributed by atoms with Crippen LogP contribution >= 0.6 is 0 Å². The topological polar surface area (TPSA) is 50.8 Å². The molecule has 0 aliphatic carbocycles. The number of nitrogens with one attached hydrogen (secondary N) is 1. The highest BCUT2D eigenvalue weighted by atomic mass is 16.5. The van der Waals surface area contributed by atoms with E-state index in [1.807, 2.05) is 73.5 Å². The Hall–Kier alpha value is -3.05. The third kappa shape index (κ3) is 4.43. The molecular formula is C23H26N2O3. The highest BCUT2D eigenvalue weighted by Gasteiger charge is 2.19. The van der Waals surface area contributed by atoms with Crippen molar-refractivity contribution in [2.75, 3.05) is 26.6 Å². The minimum atomic E-state index is -0.292. The number of fused-ring (bicyclic) bond motifs is 1. The number of nitrogens with zero attached hydrogens (tertiary/aromatic N) is 1. The number of rotatable bonds is 7. The molecule has 5 heteroatoms. The first-order valence-corrected chi connectivity index (χ1v) is 9.22. The van der Waals surface area contributed by atoms with Gasteiger partial charge in [0.15, 0.2) is 11.5 Å². The summed E-state index contributed by atoms with van der Waals surface area (Å²) in [5.74, 6) is 1.33. The summed E-state index contributed by atoms with van der Waals surface area (Å²) in [7, 11) is 5.16. The van der Waals surface area contributed by atoms with Crippen LogP contribution in [0.1, 0.15) is 12.5 Å². The molecule has 0 aliphatic rings. The number of hydrogen-bond acceptors (Lipinski definition) is 4. The fourth-order valence-electron chi connectivity index (χ4n) is 3.12. The normalized spacial score (nSPS) is 12.0. The van der Waals surface area contributed by atoms with Crippen molar-refractivity contribution in [3.63, 3.8) is 0 Å². The Balaban J connectivity index is 1.66. The van der Waals surface area contributed by atoms with Crippen LogP contribution < -0.4 is 14.8 Å². The van der Waals surface area contributed by atoms with Gasteiger partial charge in [-0.3, -0.25) is 9.69 Å². The lowest BCUT2D eigenvalue weighted by Crippen LogP contribution is -2.39. The van der Waals surface area contributed by atoms with Gasteiger partial charge in [0.05, 0.1) is 20.3 Å². The molecule has 1 atom stereocenters. The first-order chi connectivity index (χ1) is 13.5. The second-order valence-electron chi connectivity index (χ2n) is 6.83. The fourth-order valence-corrected chi connectivity index (χ4v) is 3.12. The van der Waals surface area contributed by atoms with E-state index in [4.69, 9.17) is 9.47 Å². The smallest absolute Gasteiger partial charge is 0.241 e. The molecule has 28 heavy (non-hydrogen) atoms. The van der Waals surface area contributed by atoms with Gasteiger partial charge in [-0.05, 0) is 54.6 Å². The van der Waals surface area contributed by atoms with Crippen LogP contribution in [0, 0.1) is 0 Å².